The van der Waals surface area contributed by atoms with E-state index in [-0.39, 0.29) is 0 Å². The molecule has 9 rings (SSSR count). The number of rotatable bonds is 2. The van der Waals surface area contributed by atoms with Crippen molar-refractivity contribution in [1.29, 1.82) is 0 Å². The van der Waals surface area contributed by atoms with Gasteiger partial charge < -0.3 is 4.42 Å². The van der Waals surface area contributed by atoms with Crippen LogP contribution in [0.5, 0.6) is 0 Å². The summed E-state index contributed by atoms with van der Waals surface area (Å²) in [5, 5.41) is 9.53. The molecule has 0 unspecified atom stereocenters. The van der Waals surface area contributed by atoms with Crippen molar-refractivity contribution >= 4 is 65.3 Å². The molecule has 39 heavy (non-hydrogen) atoms. The second-order valence-electron chi connectivity index (χ2n) is 10.2. The zero-order valence-electron chi connectivity index (χ0n) is 20.8. The molecule has 0 radical (unpaired) electrons. The second-order valence-corrected chi connectivity index (χ2v) is 10.2. The number of furan rings is 1. The van der Waals surface area contributed by atoms with E-state index in [1.165, 1.54) is 37.7 Å². The van der Waals surface area contributed by atoms with E-state index in [2.05, 4.69) is 78.9 Å². The summed E-state index contributed by atoms with van der Waals surface area (Å²) in [5.74, 6) is 0. The molecule has 3 heteroatoms. The summed E-state index contributed by atoms with van der Waals surface area (Å²) >= 11 is 0. The highest BCUT2D eigenvalue weighted by molar-refractivity contribution is 6.36. The molecule has 0 aliphatic rings. The molecule has 0 saturated carbocycles. The van der Waals surface area contributed by atoms with E-state index in [1.807, 2.05) is 42.5 Å². The highest BCUT2D eigenvalue weighted by Gasteiger charge is 2.22. The van der Waals surface area contributed by atoms with Crippen molar-refractivity contribution < 1.29 is 4.42 Å². The van der Waals surface area contributed by atoms with E-state index < -0.39 is 0 Å². The standard InChI is InChI=1S/C36H20N2O/c1-2-10-21(11-3-1)34-35(38-30-17-9-8-16-29(30)37-34)23-19-27-25-14-6-7-15-26(25)28-18-22-12-4-5-13-24(22)36-33(28)32(27)31(20-23)39-36/h1-20H. The fourth-order valence-electron chi connectivity index (χ4n) is 6.25. The van der Waals surface area contributed by atoms with Crippen LogP contribution in [0, 0.1) is 0 Å². The smallest absolute Gasteiger partial charge is 0.143 e. The van der Waals surface area contributed by atoms with E-state index in [0.717, 1.165) is 50.1 Å². The van der Waals surface area contributed by atoms with Crippen LogP contribution in [0.15, 0.2) is 126 Å². The Bertz CT molecular complexity index is 2390. The zero-order valence-corrected chi connectivity index (χ0v) is 20.8. The summed E-state index contributed by atoms with van der Waals surface area (Å²) in [6.45, 7) is 0. The van der Waals surface area contributed by atoms with Crippen molar-refractivity contribution in [3.8, 4) is 22.5 Å². The first-order valence-electron chi connectivity index (χ1n) is 13.2. The quantitative estimate of drug-likeness (QED) is 0.177. The minimum atomic E-state index is 0.853. The minimum Gasteiger partial charge on any atom is -0.455 e. The van der Waals surface area contributed by atoms with Gasteiger partial charge in [-0.15, -0.1) is 0 Å². The lowest BCUT2D eigenvalue weighted by atomic mass is 9.91. The van der Waals surface area contributed by atoms with Crippen molar-refractivity contribution in [3.63, 3.8) is 0 Å². The van der Waals surface area contributed by atoms with Crippen molar-refractivity contribution in [3.05, 3.63) is 121 Å². The summed E-state index contributed by atoms with van der Waals surface area (Å²) in [5.41, 5.74) is 7.33. The number of nitrogens with zero attached hydrogens (tertiary/aromatic N) is 2. The molecule has 0 fully saturated rings. The highest BCUT2D eigenvalue weighted by atomic mass is 16.3. The number of fused-ring (bicyclic) bond motifs is 6. The molecule has 0 bridgehead atoms. The van der Waals surface area contributed by atoms with Crippen LogP contribution in [0.4, 0.5) is 0 Å². The maximum absolute atomic E-state index is 6.75. The number of aromatic nitrogens is 2. The van der Waals surface area contributed by atoms with Gasteiger partial charge in [-0.1, -0.05) is 91.0 Å². The summed E-state index contributed by atoms with van der Waals surface area (Å²) in [7, 11) is 0. The lowest BCUT2D eigenvalue weighted by Crippen LogP contribution is -1.95. The molecule has 0 atom stereocenters. The van der Waals surface area contributed by atoms with Gasteiger partial charge in [0.2, 0.25) is 0 Å². The van der Waals surface area contributed by atoms with Gasteiger partial charge in [-0.05, 0) is 57.3 Å². The Morgan fingerprint density at radius 1 is 0.436 bits per heavy atom. The van der Waals surface area contributed by atoms with E-state index in [4.69, 9.17) is 14.4 Å². The number of hydrogen-bond acceptors (Lipinski definition) is 3. The molecule has 0 spiro atoms. The van der Waals surface area contributed by atoms with Crippen LogP contribution in [0.1, 0.15) is 0 Å². The third-order valence-electron chi connectivity index (χ3n) is 7.96. The second kappa shape index (κ2) is 7.62. The average molecular weight is 497 g/mol. The Morgan fingerprint density at radius 3 is 1.77 bits per heavy atom. The van der Waals surface area contributed by atoms with Gasteiger partial charge in [0.05, 0.1) is 22.4 Å². The van der Waals surface area contributed by atoms with Crippen molar-refractivity contribution in [1.82, 2.24) is 9.97 Å². The topological polar surface area (TPSA) is 38.9 Å². The molecule has 0 aliphatic carbocycles. The summed E-state index contributed by atoms with van der Waals surface area (Å²) < 4.78 is 6.75. The maximum atomic E-state index is 6.75. The van der Waals surface area contributed by atoms with Gasteiger partial charge in [-0.3, -0.25) is 0 Å². The van der Waals surface area contributed by atoms with Crippen LogP contribution < -0.4 is 0 Å². The van der Waals surface area contributed by atoms with E-state index in [9.17, 15) is 0 Å². The summed E-state index contributed by atoms with van der Waals surface area (Å²) in [4.78, 5) is 10.3. The molecule has 3 nitrogen and oxygen atoms in total. The van der Waals surface area contributed by atoms with E-state index in [0.29, 0.717) is 0 Å². The Hall–Kier alpha value is -5.28. The van der Waals surface area contributed by atoms with Gasteiger partial charge in [0.25, 0.3) is 0 Å². The van der Waals surface area contributed by atoms with E-state index in [1.54, 1.807) is 0 Å². The van der Waals surface area contributed by atoms with Gasteiger partial charge in [-0.25, -0.2) is 9.97 Å². The van der Waals surface area contributed by atoms with Gasteiger partial charge in [0.15, 0.2) is 0 Å². The number of hydrogen-bond donors (Lipinski definition) is 0. The molecule has 0 amide bonds. The Labute approximate surface area is 223 Å². The normalized spacial score (nSPS) is 12.1. The van der Waals surface area contributed by atoms with E-state index >= 15 is 0 Å². The molecule has 0 N–H and O–H groups in total. The highest BCUT2D eigenvalue weighted by Crippen LogP contribution is 2.47. The van der Waals surface area contributed by atoms with Crippen LogP contribution in [-0.4, -0.2) is 9.97 Å². The van der Waals surface area contributed by atoms with Crippen LogP contribution in [-0.2, 0) is 0 Å². The van der Waals surface area contributed by atoms with Crippen LogP contribution in [0.2, 0.25) is 0 Å². The maximum Gasteiger partial charge on any atom is 0.143 e. The fraction of sp³-hybridized carbons (Fsp3) is 0. The van der Waals surface area contributed by atoms with Crippen LogP contribution >= 0.6 is 0 Å². The lowest BCUT2D eigenvalue weighted by Gasteiger charge is -2.13. The number of para-hydroxylation sites is 2. The molecular weight excluding hydrogens is 476 g/mol. The molecule has 180 valence electrons. The molecule has 2 aromatic heterocycles. The molecule has 7 aromatic carbocycles. The lowest BCUT2D eigenvalue weighted by molar-refractivity contribution is 0.673. The Kier molecular flexibility index (Phi) is 4.05. The van der Waals surface area contributed by atoms with Gasteiger partial charge in [0.1, 0.15) is 11.2 Å². The predicted molar refractivity (Wildman–Crippen MR) is 161 cm³/mol. The number of benzene rings is 7. The van der Waals surface area contributed by atoms with Crippen molar-refractivity contribution in [2.24, 2.45) is 0 Å². The first-order chi connectivity index (χ1) is 19.3. The minimum absolute atomic E-state index is 0.853. The fourth-order valence-corrected chi connectivity index (χ4v) is 6.25. The zero-order chi connectivity index (χ0) is 25.5. The van der Waals surface area contributed by atoms with Gasteiger partial charge in [-0.2, -0.15) is 0 Å². The van der Waals surface area contributed by atoms with Gasteiger partial charge in [0, 0.05) is 27.3 Å². The molecule has 9 aromatic rings. The first kappa shape index (κ1) is 20.7. The average Bonchev–Trinajstić information content (AvgIpc) is 3.40. The SMILES string of the molecule is c1ccc(-c2nc3ccccc3nc2-c2cc3oc4c5ccccc5cc5c6ccccc6c(c2)c3c54)cc1. The Balaban J connectivity index is 1.47. The molecular formula is C36H20N2O. The van der Waals surface area contributed by atoms with Crippen molar-refractivity contribution in [2.75, 3.05) is 0 Å². The van der Waals surface area contributed by atoms with Crippen molar-refractivity contribution in [2.45, 2.75) is 0 Å². The predicted octanol–water partition coefficient (Wildman–Crippen LogP) is 9.76. The summed E-state index contributed by atoms with van der Waals surface area (Å²) in [6, 6.07) is 42.3. The molecule has 0 aliphatic heterocycles. The third kappa shape index (κ3) is 2.87. The van der Waals surface area contributed by atoms with Crippen LogP contribution in [0.3, 0.4) is 0 Å². The summed E-state index contributed by atoms with van der Waals surface area (Å²) in [6.07, 6.45) is 0. The molecule has 2 heterocycles. The van der Waals surface area contributed by atoms with Gasteiger partial charge >= 0.3 is 0 Å². The van der Waals surface area contributed by atoms with Crippen LogP contribution in [0.25, 0.3) is 87.8 Å². The molecule has 0 saturated heterocycles. The monoisotopic (exact) mass is 496 g/mol. The largest absolute Gasteiger partial charge is 0.455 e. The first-order valence-corrected chi connectivity index (χ1v) is 13.2. The Morgan fingerprint density at radius 2 is 1.03 bits per heavy atom. The third-order valence-corrected chi connectivity index (χ3v) is 7.96.